The third-order valence-corrected chi connectivity index (χ3v) is 2.39. The van der Waals surface area contributed by atoms with Gasteiger partial charge in [0.2, 0.25) is 0 Å². The lowest BCUT2D eigenvalue weighted by molar-refractivity contribution is 0.0596. The molecule has 2 N–H and O–H groups in total. The minimum absolute atomic E-state index is 0.370. The minimum Gasteiger partial charge on any atom is -0.391 e. The molecule has 0 aliphatic rings. The van der Waals surface area contributed by atoms with Crippen LogP contribution in [0.15, 0.2) is 36.4 Å². The summed E-state index contributed by atoms with van der Waals surface area (Å²) in [5.41, 5.74) is 1.20. The second-order valence-corrected chi connectivity index (χ2v) is 3.92. The second kappa shape index (κ2) is 8.93. The third kappa shape index (κ3) is 6.89. The summed E-state index contributed by atoms with van der Waals surface area (Å²) in [5.74, 6) is 0. The number of aliphatic hydroxyl groups excluding tert-OH is 1. The molecule has 1 rings (SSSR count). The summed E-state index contributed by atoms with van der Waals surface area (Å²) in [6, 6.07) is 10.2. The monoisotopic (exact) mass is 235 g/mol. The standard InChI is InChI=1S/C14H21NO2/c1-17-12-14(16)9-11-15-10-5-8-13-6-3-2-4-7-13/h2-8,14-16H,9-12H2,1H3/b8-5+. The third-order valence-electron chi connectivity index (χ3n) is 2.39. The maximum absolute atomic E-state index is 9.40. The summed E-state index contributed by atoms with van der Waals surface area (Å²) in [6.07, 6.45) is 4.51. The molecule has 3 nitrogen and oxygen atoms in total. The zero-order valence-electron chi connectivity index (χ0n) is 10.3. The maximum Gasteiger partial charge on any atom is 0.0785 e. The van der Waals surface area contributed by atoms with E-state index in [0.29, 0.717) is 13.0 Å². The Labute approximate surface area is 103 Å². The first-order chi connectivity index (χ1) is 8.33. The van der Waals surface area contributed by atoms with Crippen molar-refractivity contribution in [1.82, 2.24) is 5.32 Å². The Balaban J connectivity index is 2.06. The van der Waals surface area contributed by atoms with E-state index < -0.39 is 0 Å². The Bertz CT molecular complexity index is 311. The average Bonchev–Trinajstić information content (AvgIpc) is 2.35. The number of aliphatic hydroxyl groups is 1. The number of ether oxygens (including phenoxy) is 1. The summed E-state index contributed by atoms with van der Waals surface area (Å²) < 4.78 is 4.85. The van der Waals surface area contributed by atoms with E-state index in [9.17, 15) is 5.11 Å². The lowest BCUT2D eigenvalue weighted by Gasteiger charge is -2.08. The van der Waals surface area contributed by atoms with Gasteiger partial charge in [0.15, 0.2) is 0 Å². The first kappa shape index (κ1) is 13.9. The van der Waals surface area contributed by atoms with Crippen molar-refractivity contribution in [3.63, 3.8) is 0 Å². The highest BCUT2D eigenvalue weighted by Crippen LogP contribution is 1.99. The molecule has 0 aliphatic carbocycles. The van der Waals surface area contributed by atoms with Crippen molar-refractivity contribution in [2.45, 2.75) is 12.5 Å². The van der Waals surface area contributed by atoms with Gasteiger partial charge in [-0.15, -0.1) is 0 Å². The highest BCUT2D eigenvalue weighted by atomic mass is 16.5. The molecule has 3 heteroatoms. The second-order valence-electron chi connectivity index (χ2n) is 3.92. The molecular formula is C14H21NO2. The van der Waals surface area contributed by atoms with Crippen molar-refractivity contribution < 1.29 is 9.84 Å². The molecule has 0 bridgehead atoms. The Morgan fingerprint density at radius 3 is 2.82 bits per heavy atom. The van der Waals surface area contributed by atoms with Crippen LogP contribution >= 0.6 is 0 Å². The average molecular weight is 235 g/mol. The van der Waals surface area contributed by atoms with E-state index in [-0.39, 0.29) is 6.10 Å². The van der Waals surface area contributed by atoms with Gasteiger partial charge in [-0.1, -0.05) is 42.5 Å². The van der Waals surface area contributed by atoms with Gasteiger partial charge in [0.25, 0.3) is 0 Å². The van der Waals surface area contributed by atoms with Crippen molar-refractivity contribution in [1.29, 1.82) is 0 Å². The Kier molecular flexibility index (Phi) is 7.30. The number of hydrogen-bond acceptors (Lipinski definition) is 3. The largest absolute Gasteiger partial charge is 0.391 e. The lowest BCUT2D eigenvalue weighted by Crippen LogP contribution is -2.23. The summed E-state index contributed by atoms with van der Waals surface area (Å²) >= 11 is 0. The first-order valence-electron chi connectivity index (χ1n) is 5.92. The van der Waals surface area contributed by atoms with E-state index in [2.05, 4.69) is 29.6 Å². The number of rotatable bonds is 8. The van der Waals surface area contributed by atoms with E-state index in [1.165, 1.54) is 5.56 Å². The number of methoxy groups -OCH3 is 1. The van der Waals surface area contributed by atoms with Crippen LogP contribution in [0.3, 0.4) is 0 Å². The van der Waals surface area contributed by atoms with E-state index >= 15 is 0 Å². The van der Waals surface area contributed by atoms with Crippen molar-refractivity contribution in [2.24, 2.45) is 0 Å². The van der Waals surface area contributed by atoms with Gasteiger partial charge in [0.05, 0.1) is 12.7 Å². The highest BCUT2D eigenvalue weighted by Gasteiger charge is 2.00. The van der Waals surface area contributed by atoms with Crippen molar-refractivity contribution in [2.75, 3.05) is 26.8 Å². The summed E-state index contributed by atoms with van der Waals surface area (Å²) in [4.78, 5) is 0. The number of hydrogen-bond donors (Lipinski definition) is 2. The predicted octanol–water partition coefficient (Wildman–Crippen LogP) is 1.69. The molecule has 17 heavy (non-hydrogen) atoms. The molecule has 0 saturated carbocycles. The van der Waals surface area contributed by atoms with Crippen LogP contribution in [0, 0.1) is 0 Å². The van der Waals surface area contributed by atoms with Crippen LogP contribution in [0.25, 0.3) is 6.08 Å². The highest BCUT2D eigenvalue weighted by molar-refractivity contribution is 5.48. The van der Waals surface area contributed by atoms with Gasteiger partial charge >= 0.3 is 0 Å². The fourth-order valence-corrected chi connectivity index (χ4v) is 1.49. The lowest BCUT2D eigenvalue weighted by atomic mass is 10.2. The fraction of sp³-hybridized carbons (Fsp3) is 0.429. The predicted molar refractivity (Wildman–Crippen MR) is 70.8 cm³/mol. The quantitative estimate of drug-likeness (QED) is 0.674. The Morgan fingerprint density at radius 2 is 2.12 bits per heavy atom. The van der Waals surface area contributed by atoms with Gasteiger partial charge in [0.1, 0.15) is 0 Å². The molecule has 1 aromatic carbocycles. The Morgan fingerprint density at radius 1 is 1.35 bits per heavy atom. The molecule has 0 fully saturated rings. The van der Waals surface area contributed by atoms with Gasteiger partial charge < -0.3 is 15.2 Å². The zero-order valence-corrected chi connectivity index (χ0v) is 10.3. The zero-order chi connectivity index (χ0) is 12.3. The number of benzene rings is 1. The van der Waals surface area contributed by atoms with E-state index in [0.717, 1.165) is 13.1 Å². The van der Waals surface area contributed by atoms with Crippen LogP contribution < -0.4 is 5.32 Å². The van der Waals surface area contributed by atoms with Crippen molar-refractivity contribution in [3.05, 3.63) is 42.0 Å². The minimum atomic E-state index is -0.370. The van der Waals surface area contributed by atoms with Gasteiger partial charge in [-0.05, 0) is 18.5 Å². The normalized spacial score (nSPS) is 13.1. The first-order valence-corrected chi connectivity index (χ1v) is 5.92. The van der Waals surface area contributed by atoms with Crippen LogP contribution in [0.4, 0.5) is 0 Å². The van der Waals surface area contributed by atoms with Crippen LogP contribution in [-0.4, -0.2) is 38.0 Å². The summed E-state index contributed by atoms with van der Waals surface area (Å²) in [5, 5.41) is 12.6. The molecule has 1 unspecified atom stereocenters. The van der Waals surface area contributed by atoms with Crippen LogP contribution in [0.1, 0.15) is 12.0 Å². The van der Waals surface area contributed by atoms with E-state index in [4.69, 9.17) is 4.74 Å². The molecule has 94 valence electrons. The van der Waals surface area contributed by atoms with Crippen LogP contribution in [0.5, 0.6) is 0 Å². The van der Waals surface area contributed by atoms with Gasteiger partial charge in [0, 0.05) is 13.7 Å². The summed E-state index contributed by atoms with van der Waals surface area (Å²) in [7, 11) is 1.60. The SMILES string of the molecule is COCC(O)CCNC/C=C/c1ccccc1. The molecular weight excluding hydrogens is 214 g/mol. The maximum atomic E-state index is 9.40. The summed E-state index contributed by atoms with van der Waals surface area (Å²) in [6.45, 7) is 2.01. The van der Waals surface area contributed by atoms with E-state index in [1.54, 1.807) is 7.11 Å². The molecule has 1 atom stereocenters. The molecule has 0 aliphatic heterocycles. The molecule has 0 heterocycles. The molecule has 0 radical (unpaired) electrons. The fourth-order valence-electron chi connectivity index (χ4n) is 1.49. The molecule has 0 amide bonds. The molecule has 0 spiro atoms. The topological polar surface area (TPSA) is 41.5 Å². The molecule has 0 aromatic heterocycles. The van der Waals surface area contributed by atoms with E-state index in [1.807, 2.05) is 18.2 Å². The van der Waals surface area contributed by atoms with Crippen molar-refractivity contribution >= 4 is 6.08 Å². The van der Waals surface area contributed by atoms with Crippen LogP contribution in [0.2, 0.25) is 0 Å². The Hall–Kier alpha value is -1.16. The smallest absolute Gasteiger partial charge is 0.0785 e. The van der Waals surface area contributed by atoms with Crippen molar-refractivity contribution in [3.8, 4) is 0 Å². The molecule has 1 aromatic rings. The molecule has 0 saturated heterocycles. The number of nitrogens with one attached hydrogen (secondary N) is 1. The van der Waals surface area contributed by atoms with Crippen LogP contribution in [-0.2, 0) is 4.74 Å². The van der Waals surface area contributed by atoms with Gasteiger partial charge in [-0.2, -0.15) is 0 Å². The van der Waals surface area contributed by atoms with Gasteiger partial charge in [-0.3, -0.25) is 0 Å². The van der Waals surface area contributed by atoms with Gasteiger partial charge in [-0.25, -0.2) is 0 Å².